The Balaban J connectivity index is -0.000000277. The molecule has 0 aromatic heterocycles. The summed E-state index contributed by atoms with van der Waals surface area (Å²) in [5.74, 6) is 0. The second-order valence-corrected chi connectivity index (χ2v) is 7.99. The van der Waals surface area contributed by atoms with Crippen LogP contribution in [0.4, 0.5) is 0 Å². The van der Waals surface area contributed by atoms with Crippen molar-refractivity contribution in [1.29, 1.82) is 0 Å². The number of rotatable bonds is 2. The summed E-state index contributed by atoms with van der Waals surface area (Å²) in [6.07, 6.45) is 1.13. The minimum atomic E-state index is 0. The first-order valence-corrected chi connectivity index (χ1v) is 6.52. The summed E-state index contributed by atoms with van der Waals surface area (Å²) in [5, 5.41) is 8.40. The molecule has 0 aliphatic carbocycles. The average Bonchev–Trinajstić information content (AvgIpc) is 1.98. The summed E-state index contributed by atoms with van der Waals surface area (Å²) in [7, 11) is 0. The third-order valence-electron chi connectivity index (χ3n) is 1.86. The predicted octanol–water partition coefficient (Wildman–Crippen LogP) is 4.26. The van der Waals surface area contributed by atoms with Crippen LogP contribution in [0.15, 0.2) is 0 Å². The van der Waals surface area contributed by atoms with Crippen LogP contribution in [0.3, 0.4) is 0 Å². The molecular weight excluding hydrogens is 301 g/mol. The van der Waals surface area contributed by atoms with Gasteiger partial charge < -0.3 is 9.84 Å². The summed E-state index contributed by atoms with van der Waals surface area (Å²) in [6, 6.07) is 0. The van der Waals surface area contributed by atoms with Crippen LogP contribution in [-0.2, 0) is 37.4 Å². The third-order valence-corrected chi connectivity index (χ3v) is 1.86. The molecule has 0 aromatic rings. The summed E-state index contributed by atoms with van der Waals surface area (Å²) in [6.45, 7) is 20.1. The van der Waals surface area contributed by atoms with Crippen molar-refractivity contribution in [2.45, 2.75) is 74.3 Å². The quantitative estimate of drug-likeness (QED) is 0.817. The molecule has 0 spiro atoms. The Kier molecular flexibility index (Phi) is 13.2. The molecular formula is C15H34O2Y. The predicted molar refractivity (Wildman–Crippen MR) is 76.3 cm³/mol. The van der Waals surface area contributed by atoms with Crippen LogP contribution in [0.25, 0.3) is 0 Å². The molecule has 0 aliphatic heterocycles. The molecule has 0 rings (SSSR count). The Bertz CT molecular complexity index is 168. The van der Waals surface area contributed by atoms with Crippen molar-refractivity contribution in [3.05, 3.63) is 0 Å². The summed E-state index contributed by atoms with van der Waals surface area (Å²) < 4.78 is 5.61. The molecule has 0 saturated carbocycles. The van der Waals surface area contributed by atoms with Gasteiger partial charge in [-0.05, 0) is 38.0 Å². The average molecular weight is 335 g/mol. The van der Waals surface area contributed by atoms with E-state index < -0.39 is 0 Å². The van der Waals surface area contributed by atoms with E-state index in [0.717, 1.165) is 13.0 Å². The summed E-state index contributed by atoms with van der Waals surface area (Å²) in [4.78, 5) is 0. The SMILES string of the molecule is CC(C)(C)CCOC(C)(C)C.CC(C)(C)CO.[Y]. The van der Waals surface area contributed by atoms with Gasteiger partial charge in [0.05, 0.1) is 5.60 Å². The molecule has 0 saturated heterocycles. The van der Waals surface area contributed by atoms with Crippen LogP contribution in [-0.4, -0.2) is 23.9 Å². The molecule has 0 unspecified atom stereocenters. The van der Waals surface area contributed by atoms with Gasteiger partial charge in [-0.15, -0.1) is 0 Å². The third kappa shape index (κ3) is 30.2. The second kappa shape index (κ2) is 9.85. The Morgan fingerprint density at radius 1 is 0.778 bits per heavy atom. The van der Waals surface area contributed by atoms with Crippen molar-refractivity contribution >= 4 is 0 Å². The van der Waals surface area contributed by atoms with E-state index in [9.17, 15) is 0 Å². The molecule has 1 N–H and O–H groups in total. The summed E-state index contributed by atoms with van der Waals surface area (Å²) in [5.41, 5.74) is 0.510. The minimum absolute atomic E-state index is 0. The van der Waals surface area contributed by atoms with Crippen molar-refractivity contribution < 1.29 is 42.6 Å². The van der Waals surface area contributed by atoms with Gasteiger partial charge in [-0.2, -0.15) is 0 Å². The molecule has 3 heteroatoms. The molecule has 0 aromatic carbocycles. The first-order chi connectivity index (χ1) is 7.27. The smallest absolute Gasteiger partial charge is 0.0598 e. The first kappa shape index (κ1) is 24.1. The zero-order chi connectivity index (χ0) is 14.3. The van der Waals surface area contributed by atoms with Gasteiger partial charge in [-0.1, -0.05) is 41.5 Å². The molecule has 0 bridgehead atoms. The van der Waals surface area contributed by atoms with Gasteiger partial charge >= 0.3 is 0 Å². The van der Waals surface area contributed by atoms with Gasteiger partial charge in [0.1, 0.15) is 0 Å². The Morgan fingerprint density at radius 3 is 1.28 bits per heavy atom. The second-order valence-electron chi connectivity index (χ2n) is 7.99. The van der Waals surface area contributed by atoms with Gasteiger partial charge in [-0.3, -0.25) is 0 Å². The molecule has 2 nitrogen and oxygen atoms in total. The van der Waals surface area contributed by atoms with Crippen molar-refractivity contribution in [3.8, 4) is 0 Å². The molecule has 18 heavy (non-hydrogen) atoms. The Hall–Kier alpha value is 1.02. The number of hydrogen-bond acceptors (Lipinski definition) is 2. The fraction of sp³-hybridized carbons (Fsp3) is 1.00. The van der Waals surface area contributed by atoms with Crippen molar-refractivity contribution in [2.75, 3.05) is 13.2 Å². The van der Waals surface area contributed by atoms with E-state index in [4.69, 9.17) is 9.84 Å². The van der Waals surface area contributed by atoms with Crippen molar-refractivity contribution in [1.82, 2.24) is 0 Å². The maximum atomic E-state index is 8.40. The Labute approximate surface area is 140 Å². The van der Waals surface area contributed by atoms with E-state index in [-0.39, 0.29) is 50.3 Å². The van der Waals surface area contributed by atoms with Crippen LogP contribution in [0.5, 0.6) is 0 Å². The van der Waals surface area contributed by atoms with Gasteiger partial charge in [0.25, 0.3) is 0 Å². The fourth-order valence-corrected chi connectivity index (χ4v) is 0.663. The van der Waals surface area contributed by atoms with Gasteiger partial charge in [0.15, 0.2) is 0 Å². The van der Waals surface area contributed by atoms with E-state index in [1.165, 1.54) is 0 Å². The van der Waals surface area contributed by atoms with Crippen molar-refractivity contribution in [3.63, 3.8) is 0 Å². The Morgan fingerprint density at radius 2 is 1.11 bits per heavy atom. The van der Waals surface area contributed by atoms with E-state index >= 15 is 0 Å². The number of hydrogen-bond donors (Lipinski definition) is 1. The number of aliphatic hydroxyl groups is 1. The first-order valence-electron chi connectivity index (χ1n) is 6.52. The van der Waals surface area contributed by atoms with Crippen LogP contribution in [0, 0.1) is 10.8 Å². The molecule has 0 atom stereocenters. The maximum Gasteiger partial charge on any atom is 0.0598 e. The van der Waals surface area contributed by atoms with Crippen LogP contribution < -0.4 is 0 Å². The van der Waals surface area contributed by atoms with E-state index in [1.807, 2.05) is 20.8 Å². The molecule has 0 aliphatic rings. The molecule has 0 amide bonds. The normalized spacial score (nSPS) is 12.3. The van der Waals surface area contributed by atoms with E-state index in [2.05, 4.69) is 41.5 Å². The zero-order valence-corrected chi connectivity index (χ0v) is 16.9. The van der Waals surface area contributed by atoms with E-state index in [0.29, 0.717) is 5.41 Å². The van der Waals surface area contributed by atoms with Crippen LogP contribution in [0.1, 0.15) is 68.7 Å². The molecule has 109 valence electrons. The monoisotopic (exact) mass is 335 g/mol. The number of aliphatic hydroxyl groups excluding tert-OH is 1. The fourth-order valence-electron chi connectivity index (χ4n) is 0.663. The van der Waals surface area contributed by atoms with E-state index in [1.54, 1.807) is 0 Å². The molecule has 0 heterocycles. The topological polar surface area (TPSA) is 29.5 Å². The standard InChI is InChI=1S/C10H22O.C5H12O.Y/c1-9(2,3)7-8-11-10(4,5)6;1-5(2,3)4-6;/h7-8H2,1-6H3;6H,4H2,1-3H3;. The molecule has 0 fully saturated rings. The summed E-state index contributed by atoms with van der Waals surface area (Å²) >= 11 is 0. The zero-order valence-electron chi connectivity index (χ0n) is 14.1. The maximum absolute atomic E-state index is 8.40. The number of ether oxygens (including phenoxy) is 1. The minimum Gasteiger partial charge on any atom is -0.396 e. The molecule has 1 radical (unpaired) electrons. The van der Waals surface area contributed by atoms with Crippen molar-refractivity contribution in [2.24, 2.45) is 10.8 Å². The van der Waals surface area contributed by atoms with Gasteiger partial charge in [0, 0.05) is 45.9 Å². The largest absolute Gasteiger partial charge is 0.396 e. The van der Waals surface area contributed by atoms with Gasteiger partial charge in [-0.25, -0.2) is 0 Å². The van der Waals surface area contributed by atoms with Crippen LogP contribution in [0.2, 0.25) is 0 Å². The van der Waals surface area contributed by atoms with Gasteiger partial charge in [0.2, 0.25) is 0 Å². The van der Waals surface area contributed by atoms with Crippen LogP contribution >= 0.6 is 0 Å².